The van der Waals surface area contributed by atoms with Crippen molar-refractivity contribution in [2.24, 2.45) is 0 Å². The maximum atomic E-state index is 10.9. The molecular formula is C12H18N2O3. The number of benzene rings is 1. The molecule has 0 saturated heterocycles. The molecule has 1 aromatic carbocycles. The van der Waals surface area contributed by atoms with E-state index in [0.29, 0.717) is 5.69 Å². The van der Waals surface area contributed by atoms with Gasteiger partial charge in [0.25, 0.3) is 0 Å². The molecule has 5 nitrogen and oxygen atoms in total. The van der Waals surface area contributed by atoms with Crippen LogP contribution in [-0.2, 0) is 9.47 Å². The number of methoxy groups -OCH3 is 2. The highest BCUT2D eigenvalue weighted by Gasteiger charge is 1.99. The summed E-state index contributed by atoms with van der Waals surface area (Å²) in [5, 5.41) is 5.84. The van der Waals surface area contributed by atoms with Crippen LogP contribution < -0.4 is 10.6 Å². The number of carbonyl (C=O) groups excluding carboxylic acids is 1. The van der Waals surface area contributed by atoms with Crippen molar-refractivity contribution >= 4 is 17.5 Å². The van der Waals surface area contributed by atoms with Gasteiger partial charge in [-0.25, -0.2) is 4.79 Å². The van der Waals surface area contributed by atoms with Crippen LogP contribution in [0.1, 0.15) is 6.42 Å². The molecule has 1 rings (SSSR count). The van der Waals surface area contributed by atoms with E-state index in [9.17, 15) is 4.79 Å². The van der Waals surface area contributed by atoms with Crippen molar-refractivity contribution in [1.82, 2.24) is 0 Å². The molecule has 0 aliphatic rings. The quantitative estimate of drug-likeness (QED) is 0.747. The lowest BCUT2D eigenvalue weighted by Gasteiger charge is -2.07. The third-order valence-electron chi connectivity index (χ3n) is 2.17. The summed E-state index contributed by atoms with van der Waals surface area (Å²) in [6.07, 6.45) is 0.490. The number of carbonyl (C=O) groups is 1. The number of nitrogens with one attached hydrogen (secondary N) is 2. The minimum Gasteiger partial charge on any atom is -0.453 e. The molecule has 1 aromatic rings. The Morgan fingerprint density at radius 3 is 2.41 bits per heavy atom. The van der Waals surface area contributed by atoms with E-state index in [4.69, 9.17) is 4.74 Å². The van der Waals surface area contributed by atoms with Gasteiger partial charge in [0.15, 0.2) is 0 Å². The van der Waals surface area contributed by atoms with Crippen LogP contribution in [-0.4, -0.2) is 33.5 Å². The molecule has 1 amide bonds. The maximum absolute atomic E-state index is 10.9. The summed E-state index contributed by atoms with van der Waals surface area (Å²) in [6.45, 7) is 1.60. The lowest BCUT2D eigenvalue weighted by molar-refractivity contribution is 0.187. The van der Waals surface area contributed by atoms with Crippen LogP contribution in [0.15, 0.2) is 24.3 Å². The Hall–Kier alpha value is -1.75. The first-order valence-electron chi connectivity index (χ1n) is 5.44. The Labute approximate surface area is 101 Å². The van der Waals surface area contributed by atoms with Crippen molar-refractivity contribution in [2.45, 2.75) is 6.42 Å². The van der Waals surface area contributed by atoms with Gasteiger partial charge in [-0.15, -0.1) is 0 Å². The van der Waals surface area contributed by atoms with Gasteiger partial charge in [-0.1, -0.05) is 0 Å². The fraction of sp³-hybridized carbons (Fsp3) is 0.417. The average molecular weight is 238 g/mol. The molecule has 0 unspecified atom stereocenters. The maximum Gasteiger partial charge on any atom is 0.411 e. The molecular weight excluding hydrogens is 220 g/mol. The number of rotatable bonds is 6. The Morgan fingerprint density at radius 2 is 1.82 bits per heavy atom. The summed E-state index contributed by atoms with van der Waals surface area (Å²) in [5.74, 6) is 0. The van der Waals surface area contributed by atoms with Gasteiger partial charge in [-0.05, 0) is 30.7 Å². The van der Waals surface area contributed by atoms with Crippen LogP contribution in [0.5, 0.6) is 0 Å². The highest BCUT2D eigenvalue weighted by molar-refractivity contribution is 5.84. The molecule has 0 aromatic heterocycles. The van der Waals surface area contributed by atoms with E-state index in [0.717, 1.165) is 25.3 Å². The van der Waals surface area contributed by atoms with Crippen molar-refractivity contribution in [2.75, 3.05) is 38.0 Å². The van der Waals surface area contributed by atoms with E-state index in [1.54, 1.807) is 7.11 Å². The van der Waals surface area contributed by atoms with E-state index in [-0.39, 0.29) is 0 Å². The van der Waals surface area contributed by atoms with Gasteiger partial charge >= 0.3 is 6.09 Å². The predicted octanol–water partition coefficient (Wildman–Crippen LogP) is 2.31. The lowest BCUT2D eigenvalue weighted by Crippen LogP contribution is -2.10. The van der Waals surface area contributed by atoms with Gasteiger partial charge in [0.2, 0.25) is 0 Å². The van der Waals surface area contributed by atoms with E-state index in [1.807, 2.05) is 24.3 Å². The molecule has 0 atom stereocenters. The highest BCUT2D eigenvalue weighted by atomic mass is 16.5. The fourth-order valence-electron chi connectivity index (χ4n) is 1.29. The predicted molar refractivity (Wildman–Crippen MR) is 67.5 cm³/mol. The zero-order chi connectivity index (χ0) is 12.5. The van der Waals surface area contributed by atoms with E-state index < -0.39 is 6.09 Å². The topological polar surface area (TPSA) is 59.6 Å². The molecule has 94 valence electrons. The number of ether oxygens (including phenoxy) is 2. The summed E-state index contributed by atoms with van der Waals surface area (Å²) in [6, 6.07) is 7.43. The Balaban J connectivity index is 2.36. The number of hydrogen-bond donors (Lipinski definition) is 2. The van der Waals surface area contributed by atoms with Crippen LogP contribution >= 0.6 is 0 Å². The first-order valence-corrected chi connectivity index (χ1v) is 5.44. The molecule has 0 aliphatic carbocycles. The van der Waals surface area contributed by atoms with Gasteiger partial charge in [-0.3, -0.25) is 5.32 Å². The van der Waals surface area contributed by atoms with E-state index in [1.165, 1.54) is 7.11 Å². The van der Waals surface area contributed by atoms with Crippen LogP contribution in [0.4, 0.5) is 16.2 Å². The van der Waals surface area contributed by atoms with Crippen LogP contribution in [0, 0.1) is 0 Å². The summed E-state index contributed by atoms with van der Waals surface area (Å²) >= 11 is 0. The summed E-state index contributed by atoms with van der Waals surface area (Å²) < 4.78 is 9.45. The van der Waals surface area contributed by atoms with Gasteiger partial charge in [0.05, 0.1) is 7.11 Å². The standard InChI is InChI=1S/C12H18N2O3/c1-16-9-3-8-13-10-4-6-11(7-5-10)14-12(15)17-2/h4-7,13H,3,8-9H2,1-2H3,(H,14,15). The molecule has 0 bridgehead atoms. The minimum atomic E-state index is -0.467. The van der Waals surface area contributed by atoms with Gasteiger partial charge < -0.3 is 14.8 Å². The summed E-state index contributed by atoms with van der Waals surface area (Å²) in [7, 11) is 3.02. The van der Waals surface area contributed by atoms with Crippen molar-refractivity contribution in [3.8, 4) is 0 Å². The van der Waals surface area contributed by atoms with E-state index >= 15 is 0 Å². The Bertz CT molecular complexity index is 338. The van der Waals surface area contributed by atoms with E-state index in [2.05, 4.69) is 15.4 Å². The fourth-order valence-corrected chi connectivity index (χ4v) is 1.29. The summed E-state index contributed by atoms with van der Waals surface area (Å²) in [5.41, 5.74) is 1.72. The highest BCUT2D eigenvalue weighted by Crippen LogP contribution is 2.13. The van der Waals surface area contributed by atoms with Gasteiger partial charge in [0.1, 0.15) is 0 Å². The molecule has 0 radical (unpaired) electrons. The first kappa shape index (κ1) is 13.3. The second-order valence-corrected chi connectivity index (χ2v) is 3.47. The number of amides is 1. The van der Waals surface area contributed by atoms with Crippen molar-refractivity contribution in [1.29, 1.82) is 0 Å². The SMILES string of the molecule is COCCCNc1ccc(NC(=O)OC)cc1. The zero-order valence-electron chi connectivity index (χ0n) is 10.2. The zero-order valence-corrected chi connectivity index (χ0v) is 10.2. The normalized spacial score (nSPS) is 9.76. The smallest absolute Gasteiger partial charge is 0.411 e. The minimum absolute atomic E-state index is 0.467. The lowest BCUT2D eigenvalue weighted by atomic mass is 10.2. The molecule has 17 heavy (non-hydrogen) atoms. The second kappa shape index (κ2) is 7.51. The van der Waals surface area contributed by atoms with Crippen LogP contribution in [0.25, 0.3) is 0 Å². The van der Waals surface area contributed by atoms with Crippen LogP contribution in [0.2, 0.25) is 0 Å². The molecule has 5 heteroatoms. The Morgan fingerprint density at radius 1 is 1.18 bits per heavy atom. The van der Waals surface area contributed by atoms with Crippen molar-refractivity contribution < 1.29 is 14.3 Å². The monoisotopic (exact) mass is 238 g/mol. The average Bonchev–Trinajstić information content (AvgIpc) is 2.36. The van der Waals surface area contributed by atoms with Gasteiger partial charge in [-0.2, -0.15) is 0 Å². The molecule has 0 spiro atoms. The third kappa shape index (κ3) is 5.21. The largest absolute Gasteiger partial charge is 0.453 e. The van der Waals surface area contributed by atoms with Gasteiger partial charge in [0, 0.05) is 31.6 Å². The molecule has 0 heterocycles. The number of anilines is 2. The van der Waals surface area contributed by atoms with Crippen molar-refractivity contribution in [3.63, 3.8) is 0 Å². The third-order valence-corrected chi connectivity index (χ3v) is 2.17. The molecule has 2 N–H and O–H groups in total. The summed E-state index contributed by atoms with van der Waals surface area (Å²) in [4.78, 5) is 10.9. The Kier molecular flexibility index (Phi) is 5.88. The second-order valence-electron chi connectivity index (χ2n) is 3.47. The van der Waals surface area contributed by atoms with Crippen molar-refractivity contribution in [3.05, 3.63) is 24.3 Å². The molecule has 0 aliphatic heterocycles. The molecule has 0 fully saturated rings. The number of hydrogen-bond acceptors (Lipinski definition) is 4. The molecule has 0 saturated carbocycles. The first-order chi connectivity index (χ1) is 8.26. The van der Waals surface area contributed by atoms with Crippen LogP contribution in [0.3, 0.4) is 0 Å².